The monoisotopic (exact) mass is 213 g/mol. The van der Waals surface area contributed by atoms with Crippen molar-refractivity contribution in [1.82, 2.24) is 0 Å². The predicted molar refractivity (Wildman–Crippen MR) is 59.8 cm³/mol. The standard InChI is InChI=1S/C10H15NO2S/c1-13-9-5-8(11)6-10(7-9)14-4-2-3-12/h5-7,12H,2-4,11H2,1H3. The molecule has 1 aromatic rings. The molecule has 0 amide bonds. The van der Waals surface area contributed by atoms with Gasteiger partial charge < -0.3 is 15.6 Å². The highest BCUT2D eigenvalue weighted by molar-refractivity contribution is 7.99. The number of aliphatic hydroxyl groups is 1. The first-order valence-electron chi connectivity index (χ1n) is 4.44. The fourth-order valence-electron chi connectivity index (χ4n) is 1.05. The fraction of sp³-hybridized carbons (Fsp3) is 0.400. The Morgan fingerprint density at radius 1 is 1.43 bits per heavy atom. The lowest BCUT2D eigenvalue weighted by Crippen LogP contribution is -1.90. The van der Waals surface area contributed by atoms with Crippen LogP contribution in [-0.2, 0) is 0 Å². The number of anilines is 1. The number of nitrogen functional groups attached to an aromatic ring is 1. The number of aliphatic hydroxyl groups excluding tert-OH is 1. The summed E-state index contributed by atoms with van der Waals surface area (Å²) < 4.78 is 5.10. The maximum atomic E-state index is 8.64. The van der Waals surface area contributed by atoms with Crippen LogP contribution in [0.2, 0.25) is 0 Å². The molecule has 1 aromatic carbocycles. The van der Waals surface area contributed by atoms with E-state index in [2.05, 4.69) is 0 Å². The average molecular weight is 213 g/mol. The van der Waals surface area contributed by atoms with Crippen molar-refractivity contribution in [2.75, 3.05) is 25.2 Å². The molecular weight excluding hydrogens is 198 g/mol. The molecule has 0 bridgehead atoms. The summed E-state index contributed by atoms with van der Waals surface area (Å²) in [6.07, 6.45) is 0.793. The van der Waals surface area contributed by atoms with E-state index in [-0.39, 0.29) is 6.61 Å². The van der Waals surface area contributed by atoms with Gasteiger partial charge in [0.1, 0.15) is 5.75 Å². The van der Waals surface area contributed by atoms with Crippen LogP contribution < -0.4 is 10.5 Å². The Bertz CT molecular complexity index is 291. The fourth-order valence-corrected chi connectivity index (χ4v) is 1.98. The van der Waals surface area contributed by atoms with Crippen LogP contribution in [0.1, 0.15) is 6.42 Å². The summed E-state index contributed by atoms with van der Waals surface area (Å²) in [6, 6.07) is 5.64. The van der Waals surface area contributed by atoms with Crippen molar-refractivity contribution in [2.24, 2.45) is 0 Å². The minimum Gasteiger partial charge on any atom is -0.497 e. The van der Waals surface area contributed by atoms with E-state index in [1.54, 1.807) is 24.9 Å². The van der Waals surface area contributed by atoms with Crippen LogP contribution in [0.5, 0.6) is 5.75 Å². The van der Waals surface area contributed by atoms with Gasteiger partial charge in [-0.25, -0.2) is 0 Å². The van der Waals surface area contributed by atoms with Crippen LogP contribution >= 0.6 is 11.8 Å². The highest BCUT2D eigenvalue weighted by Crippen LogP contribution is 2.26. The summed E-state index contributed by atoms with van der Waals surface area (Å²) in [5.41, 5.74) is 6.40. The molecule has 0 fully saturated rings. The summed E-state index contributed by atoms with van der Waals surface area (Å²) in [6.45, 7) is 0.229. The molecule has 0 saturated carbocycles. The molecule has 14 heavy (non-hydrogen) atoms. The van der Waals surface area contributed by atoms with Gasteiger partial charge in [-0.1, -0.05) is 0 Å². The SMILES string of the molecule is COc1cc(N)cc(SCCCO)c1. The Hall–Kier alpha value is -0.870. The average Bonchev–Trinajstić information content (AvgIpc) is 2.17. The number of nitrogens with two attached hydrogens (primary N) is 1. The zero-order valence-corrected chi connectivity index (χ0v) is 9.01. The van der Waals surface area contributed by atoms with Gasteiger partial charge in [0.2, 0.25) is 0 Å². The maximum absolute atomic E-state index is 8.64. The molecule has 0 heterocycles. The lowest BCUT2D eigenvalue weighted by molar-refractivity contribution is 0.296. The van der Waals surface area contributed by atoms with Crippen molar-refractivity contribution in [3.05, 3.63) is 18.2 Å². The molecule has 0 aliphatic rings. The summed E-state index contributed by atoms with van der Waals surface area (Å²) in [4.78, 5) is 1.08. The van der Waals surface area contributed by atoms with E-state index < -0.39 is 0 Å². The number of rotatable bonds is 5. The Morgan fingerprint density at radius 2 is 2.21 bits per heavy atom. The third-order valence-corrected chi connectivity index (χ3v) is 2.77. The van der Waals surface area contributed by atoms with Crippen LogP contribution in [-0.4, -0.2) is 24.6 Å². The van der Waals surface area contributed by atoms with E-state index in [0.29, 0.717) is 5.69 Å². The second-order valence-corrected chi connectivity index (χ2v) is 4.04. The van der Waals surface area contributed by atoms with Gasteiger partial charge in [0, 0.05) is 29.0 Å². The molecule has 0 atom stereocenters. The second kappa shape index (κ2) is 5.78. The smallest absolute Gasteiger partial charge is 0.122 e. The van der Waals surface area contributed by atoms with Crippen LogP contribution in [0, 0.1) is 0 Å². The lowest BCUT2D eigenvalue weighted by Gasteiger charge is -2.05. The molecule has 0 aliphatic carbocycles. The van der Waals surface area contributed by atoms with Gasteiger partial charge in [-0.15, -0.1) is 11.8 Å². The summed E-state index contributed by atoms with van der Waals surface area (Å²) >= 11 is 1.67. The van der Waals surface area contributed by atoms with Crippen molar-refractivity contribution in [1.29, 1.82) is 0 Å². The first-order valence-corrected chi connectivity index (χ1v) is 5.43. The molecular formula is C10H15NO2S. The van der Waals surface area contributed by atoms with E-state index in [1.807, 2.05) is 12.1 Å². The molecule has 0 saturated heterocycles. The third kappa shape index (κ3) is 3.47. The molecule has 4 heteroatoms. The van der Waals surface area contributed by atoms with E-state index in [9.17, 15) is 0 Å². The molecule has 1 rings (SSSR count). The topological polar surface area (TPSA) is 55.5 Å². The van der Waals surface area contributed by atoms with Gasteiger partial charge in [-0.2, -0.15) is 0 Å². The van der Waals surface area contributed by atoms with Crippen molar-refractivity contribution in [3.8, 4) is 5.75 Å². The van der Waals surface area contributed by atoms with E-state index in [4.69, 9.17) is 15.6 Å². The number of ether oxygens (including phenoxy) is 1. The summed E-state index contributed by atoms with van der Waals surface area (Å²) in [5, 5.41) is 8.64. The molecule has 0 radical (unpaired) electrons. The van der Waals surface area contributed by atoms with Gasteiger partial charge in [0.05, 0.1) is 7.11 Å². The molecule has 0 unspecified atom stereocenters. The molecule has 78 valence electrons. The number of methoxy groups -OCH3 is 1. The lowest BCUT2D eigenvalue weighted by atomic mass is 10.3. The number of thioether (sulfide) groups is 1. The maximum Gasteiger partial charge on any atom is 0.122 e. The van der Waals surface area contributed by atoms with E-state index in [1.165, 1.54) is 0 Å². The van der Waals surface area contributed by atoms with Crippen molar-refractivity contribution in [3.63, 3.8) is 0 Å². The molecule has 0 spiro atoms. The number of hydrogen-bond donors (Lipinski definition) is 2. The van der Waals surface area contributed by atoms with Gasteiger partial charge in [0.25, 0.3) is 0 Å². The first kappa shape index (κ1) is 11.2. The Kier molecular flexibility index (Phi) is 4.62. The third-order valence-electron chi connectivity index (χ3n) is 1.71. The molecule has 3 N–H and O–H groups in total. The van der Waals surface area contributed by atoms with Crippen molar-refractivity contribution < 1.29 is 9.84 Å². The highest BCUT2D eigenvalue weighted by Gasteiger charge is 1.99. The first-order chi connectivity index (χ1) is 6.76. The van der Waals surface area contributed by atoms with Crippen LogP contribution in [0.15, 0.2) is 23.1 Å². The van der Waals surface area contributed by atoms with Crippen LogP contribution in [0.25, 0.3) is 0 Å². The minimum absolute atomic E-state index is 0.229. The Balaban J connectivity index is 2.62. The van der Waals surface area contributed by atoms with Gasteiger partial charge in [-0.3, -0.25) is 0 Å². The van der Waals surface area contributed by atoms with E-state index in [0.717, 1.165) is 22.8 Å². The number of hydrogen-bond acceptors (Lipinski definition) is 4. The summed E-state index contributed by atoms with van der Waals surface area (Å²) in [5.74, 6) is 1.67. The van der Waals surface area contributed by atoms with Crippen LogP contribution in [0.4, 0.5) is 5.69 Å². The van der Waals surface area contributed by atoms with Gasteiger partial charge in [-0.05, 0) is 18.6 Å². The highest BCUT2D eigenvalue weighted by atomic mass is 32.2. The largest absolute Gasteiger partial charge is 0.497 e. The van der Waals surface area contributed by atoms with Crippen LogP contribution in [0.3, 0.4) is 0 Å². The second-order valence-electron chi connectivity index (χ2n) is 2.87. The Morgan fingerprint density at radius 3 is 2.86 bits per heavy atom. The molecule has 0 aromatic heterocycles. The quantitative estimate of drug-likeness (QED) is 0.444. The predicted octanol–water partition coefficient (Wildman–Crippen LogP) is 1.75. The normalized spacial score (nSPS) is 10.1. The van der Waals surface area contributed by atoms with Crippen molar-refractivity contribution in [2.45, 2.75) is 11.3 Å². The zero-order chi connectivity index (χ0) is 10.4. The van der Waals surface area contributed by atoms with E-state index >= 15 is 0 Å². The Labute approximate surface area is 88.3 Å². The molecule has 0 aliphatic heterocycles. The van der Waals surface area contributed by atoms with Gasteiger partial charge >= 0.3 is 0 Å². The zero-order valence-electron chi connectivity index (χ0n) is 8.19. The summed E-state index contributed by atoms with van der Waals surface area (Å²) in [7, 11) is 1.62. The van der Waals surface area contributed by atoms with Crippen molar-refractivity contribution >= 4 is 17.4 Å². The van der Waals surface area contributed by atoms with Gasteiger partial charge in [0.15, 0.2) is 0 Å². The number of benzene rings is 1. The molecule has 3 nitrogen and oxygen atoms in total. The minimum atomic E-state index is 0.229.